The molecule has 0 saturated heterocycles. The fraction of sp³-hybridized carbons (Fsp3) is 0.174. The van der Waals surface area contributed by atoms with Gasteiger partial charge in [0.25, 0.3) is 11.8 Å². The summed E-state index contributed by atoms with van der Waals surface area (Å²) >= 11 is 0. The Kier molecular flexibility index (Phi) is 6.24. The molecule has 6 heteroatoms. The van der Waals surface area contributed by atoms with Crippen LogP contribution < -0.4 is 15.4 Å². The number of hydrogen-bond donors (Lipinski definition) is 2. The monoisotopic (exact) mass is 389 g/mol. The van der Waals surface area contributed by atoms with Crippen LogP contribution in [-0.2, 0) is 6.54 Å². The normalized spacial score (nSPS) is 10.3. The van der Waals surface area contributed by atoms with Crippen LogP contribution in [0.3, 0.4) is 0 Å². The Labute approximate surface area is 169 Å². The largest absolute Gasteiger partial charge is 0.496 e. The summed E-state index contributed by atoms with van der Waals surface area (Å²) in [6.07, 6.45) is 1.45. The van der Waals surface area contributed by atoms with E-state index in [4.69, 9.17) is 4.74 Å². The third-order valence-corrected chi connectivity index (χ3v) is 4.65. The first-order valence-electron chi connectivity index (χ1n) is 9.22. The van der Waals surface area contributed by atoms with Crippen molar-refractivity contribution < 1.29 is 14.3 Å². The van der Waals surface area contributed by atoms with Gasteiger partial charge in [0, 0.05) is 29.6 Å². The summed E-state index contributed by atoms with van der Waals surface area (Å²) in [7, 11) is 1.59. The molecule has 2 N–H and O–H groups in total. The van der Waals surface area contributed by atoms with Gasteiger partial charge in [0.1, 0.15) is 11.4 Å². The molecule has 2 amide bonds. The highest BCUT2D eigenvalue weighted by molar-refractivity contribution is 6.04. The first kappa shape index (κ1) is 20.1. The van der Waals surface area contributed by atoms with E-state index < -0.39 is 0 Å². The molecule has 2 aromatic carbocycles. The number of amides is 2. The molecule has 0 atom stereocenters. The minimum atomic E-state index is -0.368. The molecule has 0 bridgehead atoms. The van der Waals surface area contributed by atoms with Gasteiger partial charge in [0.15, 0.2) is 0 Å². The number of rotatable bonds is 6. The minimum Gasteiger partial charge on any atom is -0.496 e. The summed E-state index contributed by atoms with van der Waals surface area (Å²) in [4.78, 5) is 29.1. The average Bonchev–Trinajstić information content (AvgIpc) is 2.74. The van der Waals surface area contributed by atoms with Crippen LogP contribution in [0.15, 0.2) is 60.8 Å². The molecule has 3 rings (SSSR count). The first-order chi connectivity index (χ1) is 14.0. The molecule has 29 heavy (non-hydrogen) atoms. The van der Waals surface area contributed by atoms with Crippen molar-refractivity contribution in [3.8, 4) is 5.75 Å². The van der Waals surface area contributed by atoms with Crippen molar-refractivity contribution in [1.29, 1.82) is 0 Å². The van der Waals surface area contributed by atoms with Crippen molar-refractivity contribution >= 4 is 17.5 Å². The number of carbonyl (C=O) groups excluding carboxylic acids is 2. The van der Waals surface area contributed by atoms with E-state index in [1.165, 1.54) is 12.3 Å². The smallest absolute Gasteiger partial charge is 0.274 e. The van der Waals surface area contributed by atoms with Crippen molar-refractivity contribution in [2.24, 2.45) is 0 Å². The molecule has 148 valence electrons. The number of nitrogens with one attached hydrogen (secondary N) is 2. The topological polar surface area (TPSA) is 80.3 Å². The molecule has 0 aliphatic rings. The van der Waals surface area contributed by atoms with Gasteiger partial charge in [-0.1, -0.05) is 24.3 Å². The van der Waals surface area contributed by atoms with Crippen molar-refractivity contribution in [2.75, 3.05) is 12.4 Å². The molecule has 6 nitrogen and oxygen atoms in total. The maximum absolute atomic E-state index is 12.5. The van der Waals surface area contributed by atoms with E-state index in [0.29, 0.717) is 23.5 Å². The molecule has 1 heterocycles. The number of methoxy groups -OCH3 is 1. The van der Waals surface area contributed by atoms with Gasteiger partial charge >= 0.3 is 0 Å². The lowest BCUT2D eigenvalue weighted by atomic mass is 10.1. The molecule has 0 radical (unpaired) electrons. The van der Waals surface area contributed by atoms with E-state index in [9.17, 15) is 9.59 Å². The quantitative estimate of drug-likeness (QED) is 0.670. The van der Waals surface area contributed by atoms with Crippen LogP contribution in [0.1, 0.15) is 37.5 Å². The van der Waals surface area contributed by atoms with E-state index in [-0.39, 0.29) is 17.5 Å². The fourth-order valence-electron chi connectivity index (χ4n) is 2.84. The predicted octanol–water partition coefficient (Wildman–Crippen LogP) is 3.89. The van der Waals surface area contributed by atoms with Gasteiger partial charge in [-0.25, -0.2) is 0 Å². The van der Waals surface area contributed by atoms with Gasteiger partial charge in [-0.3, -0.25) is 14.6 Å². The van der Waals surface area contributed by atoms with Gasteiger partial charge in [-0.05, 0) is 55.3 Å². The first-order valence-corrected chi connectivity index (χ1v) is 9.22. The summed E-state index contributed by atoms with van der Waals surface area (Å²) in [6.45, 7) is 4.31. The zero-order valence-corrected chi connectivity index (χ0v) is 16.7. The SMILES string of the molecule is COc1ccccc1CNC(=O)c1ccnc(C(=O)Nc2ccc(C)c(C)c2)c1. The van der Waals surface area contributed by atoms with Crippen molar-refractivity contribution in [1.82, 2.24) is 10.3 Å². The molecule has 0 unspecified atom stereocenters. The lowest BCUT2D eigenvalue weighted by Gasteiger charge is -2.10. The van der Waals surface area contributed by atoms with Crippen molar-refractivity contribution in [3.63, 3.8) is 0 Å². The van der Waals surface area contributed by atoms with Crippen LogP contribution in [0.5, 0.6) is 5.75 Å². The zero-order valence-electron chi connectivity index (χ0n) is 16.7. The Morgan fingerprint density at radius 1 is 0.966 bits per heavy atom. The molecular weight excluding hydrogens is 366 g/mol. The molecular formula is C23H23N3O3. The molecule has 0 aliphatic heterocycles. The summed E-state index contributed by atoms with van der Waals surface area (Å²) in [5, 5.41) is 5.66. The van der Waals surface area contributed by atoms with E-state index in [0.717, 1.165) is 16.7 Å². The number of ether oxygens (including phenoxy) is 1. The second kappa shape index (κ2) is 9.01. The van der Waals surface area contributed by atoms with E-state index >= 15 is 0 Å². The number of hydrogen-bond acceptors (Lipinski definition) is 4. The highest BCUT2D eigenvalue weighted by atomic mass is 16.5. The van der Waals surface area contributed by atoms with Crippen LogP contribution in [0, 0.1) is 13.8 Å². The third kappa shape index (κ3) is 4.99. The molecule has 1 aromatic heterocycles. The number of benzene rings is 2. The summed E-state index contributed by atoms with van der Waals surface area (Å²) in [6, 6.07) is 16.2. The molecule has 0 spiro atoms. The van der Waals surface area contributed by atoms with Crippen LogP contribution in [0.25, 0.3) is 0 Å². The van der Waals surface area contributed by atoms with Crippen molar-refractivity contribution in [2.45, 2.75) is 20.4 Å². The van der Waals surface area contributed by atoms with E-state index in [1.807, 2.05) is 56.3 Å². The Hall–Kier alpha value is -3.67. The van der Waals surface area contributed by atoms with Crippen LogP contribution in [0.2, 0.25) is 0 Å². The maximum Gasteiger partial charge on any atom is 0.274 e. The summed E-state index contributed by atoms with van der Waals surface area (Å²) < 4.78 is 5.29. The number of aromatic nitrogens is 1. The standard InChI is InChI=1S/C23H23N3O3/c1-15-8-9-19(12-16(15)2)26-23(28)20-13-17(10-11-24-20)22(27)25-14-18-6-4-5-7-21(18)29-3/h4-13H,14H2,1-3H3,(H,25,27)(H,26,28). The number of anilines is 1. The molecule has 3 aromatic rings. The third-order valence-electron chi connectivity index (χ3n) is 4.65. The van der Waals surface area contributed by atoms with Gasteiger partial charge in [-0.15, -0.1) is 0 Å². The average molecular weight is 389 g/mol. The molecule has 0 saturated carbocycles. The van der Waals surface area contributed by atoms with Gasteiger partial charge in [0.05, 0.1) is 7.11 Å². The molecule has 0 aliphatic carbocycles. The second-order valence-electron chi connectivity index (χ2n) is 6.68. The summed E-state index contributed by atoms with van der Waals surface area (Å²) in [5.41, 5.74) is 4.32. The summed E-state index contributed by atoms with van der Waals surface area (Å²) in [5.74, 6) is 0.0437. The maximum atomic E-state index is 12.5. The van der Waals surface area contributed by atoms with Crippen LogP contribution >= 0.6 is 0 Å². The highest BCUT2D eigenvalue weighted by Crippen LogP contribution is 2.17. The number of aryl methyl sites for hydroxylation is 2. The van der Waals surface area contributed by atoms with Crippen molar-refractivity contribution in [3.05, 3.63) is 88.7 Å². The predicted molar refractivity (Wildman–Crippen MR) is 112 cm³/mol. The van der Waals surface area contributed by atoms with E-state index in [1.54, 1.807) is 13.2 Å². The Morgan fingerprint density at radius 2 is 1.76 bits per heavy atom. The lowest BCUT2D eigenvalue weighted by Crippen LogP contribution is -2.24. The Balaban J connectivity index is 1.68. The Bertz CT molecular complexity index is 1050. The Morgan fingerprint density at radius 3 is 2.52 bits per heavy atom. The van der Waals surface area contributed by atoms with Gasteiger partial charge in [0.2, 0.25) is 0 Å². The number of pyridine rings is 1. The number of para-hydroxylation sites is 1. The highest BCUT2D eigenvalue weighted by Gasteiger charge is 2.13. The van der Waals surface area contributed by atoms with Gasteiger partial charge in [-0.2, -0.15) is 0 Å². The number of carbonyl (C=O) groups is 2. The minimum absolute atomic E-state index is 0.174. The second-order valence-corrected chi connectivity index (χ2v) is 6.68. The molecule has 0 fully saturated rings. The van der Waals surface area contributed by atoms with Crippen LogP contribution in [-0.4, -0.2) is 23.9 Å². The van der Waals surface area contributed by atoms with Crippen LogP contribution in [0.4, 0.5) is 5.69 Å². The fourth-order valence-corrected chi connectivity index (χ4v) is 2.84. The number of nitrogens with zero attached hydrogens (tertiary/aromatic N) is 1. The van der Waals surface area contributed by atoms with Gasteiger partial charge < -0.3 is 15.4 Å². The van der Waals surface area contributed by atoms with E-state index in [2.05, 4.69) is 15.6 Å². The zero-order chi connectivity index (χ0) is 20.8. The lowest BCUT2D eigenvalue weighted by molar-refractivity contribution is 0.0950.